The monoisotopic (exact) mass is 493 g/mol. The van der Waals surface area contributed by atoms with Crippen molar-refractivity contribution < 1.29 is 19.2 Å². The number of carbonyl (C=O) groups excluding carboxylic acids is 4. The summed E-state index contributed by atoms with van der Waals surface area (Å²) in [6.45, 7) is 7.53. The molecule has 0 aromatic rings. The number of hydrogen-bond acceptors (Lipinski definition) is 6. The third-order valence-electron chi connectivity index (χ3n) is 6.96. The normalized spacial score (nSPS) is 22.5. The van der Waals surface area contributed by atoms with E-state index in [2.05, 4.69) is 15.8 Å². The molecule has 9 nitrogen and oxygen atoms in total. The molecule has 0 radical (unpaired) electrons. The average Bonchev–Trinajstić information content (AvgIpc) is 3.24. The van der Waals surface area contributed by atoms with Gasteiger partial charge in [0.25, 0.3) is 0 Å². The molecular weight excluding hydrogens is 454 g/mol. The van der Waals surface area contributed by atoms with Gasteiger partial charge in [-0.2, -0.15) is 0 Å². The minimum Gasteiger partial charge on any atom is -0.352 e. The van der Waals surface area contributed by atoms with E-state index in [1.165, 1.54) is 11.8 Å². The number of amidine groups is 1. The molecule has 0 aromatic heterocycles. The molecule has 3 fully saturated rings. The zero-order chi connectivity index (χ0) is 24.9. The summed E-state index contributed by atoms with van der Waals surface area (Å²) in [7, 11) is 1.88. The van der Waals surface area contributed by atoms with Gasteiger partial charge in [-0.15, -0.1) is 5.10 Å². The Kier molecular flexibility index (Phi) is 9.01. The molecule has 3 aliphatic rings. The van der Waals surface area contributed by atoms with Crippen molar-refractivity contribution in [3.05, 3.63) is 0 Å². The summed E-state index contributed by atoms with van der Waals surface area (Å²) in [5, 5.41) is 7.70. The van der Waals surface area contributed by atoms with Crippen LogP contribution in [0.1, 0.15) is 65.7 Å². The van der Waals surface area contributed by atoms with Crippen LogP contribution in [0.15, 0.2) is 5.10 Å². The van der Waals surface area contributed by atoms with Crippen LogP contribution in [0.2, 0.25) is 0 Å². The van der Waals surface area contributed by atoms with Gasteiger partial charge in [0.05, 0.1) is 0 Å². The molecule has 2 N–H and O–H groups in total. The predicted molar refractivity (Wildman–Crippen MR) is 133 cm³/mol. The molecule has 1 aliphatic carbocycles. The minimum atomic E-state index is -0.907. The van der Waals surface area contributed by atoms with Gasteiger partial charge < -0.3 is 15.1 Å². The SMILES string of the molecule is CN1CCS/C1=N\NC(=O)C(=O)C(NC(=O)C1CCCCC1)C1CCN(C(=O)C(C)(C)C)CC1. The molecule has 0 bridgehead atoms. The number of thioether (sulfide) groups is 1. The number of hydrazone groups is 1. The highest BCUT2D eigenvalue weighted by molar-refractivity contribution is 8.14. The topological polar surface area (TPSA) is 111 Å². The molecular formula is C24H39N5O4S. The number of nitrogens with zero attached hydrogens (tertiary/aromatic N) is 3. The maximum absolute atomic E-state index is 13.2. The van der Waals surface area contributed by atoms with E-state index in [4.69, 9.17) is 0 Å². The fourth-order valence-electron chi connectivity index (χ4n) is 4.84. The van der Waals surface area contributed by atoms with Crippen molar-refractivity contribution in [3.63, 3.8) is 0 Å². The molecule has 3 amide bonds. The number of piperidine rings is 1. The van der Waals surface area contributed by atoms with Gasteiger partial charge in [0.1, 0.15) is 6.04 Å². The first kappa shape index (κ1) is 26.5. The summed E-state index contributed by atoms with van der Waals surface area (Å²) in [6.07, 6.45) is 5.89. The standard InChI is InChI=1S/C24H39N5O4S/c1-24(2,3)22(33)29-12-10-16(11-13-29)18(25-20(31)17-8-6-5-7-9-17)19(30)21(32)26-27-23-28(4)14-15-34-23/h16-18H,5-15H2,1-4H3,(H,25,31)(H,26,32)/b27-23-. The Morgan fingerprint density at radius 1 is 1.00 bits per heavy atom. The molecule has 1 atom stereocenters. The lowest BCUT2D eigenvalue weighted by molar-refractivity contribution is -0.144. The van der Waals surface area contributed by atoms with Gasteiger partial charge in [-0.25, -0.2) is 5.43 Å². The Bertz CT molecular complexity index is 811. The lowest BCUT2D eigenvalue weighted by atomic mass is 9.84. The van der Waals surface area contributed by atoms with Gasteiger partial charge in [0.2, 0.25) is 17.6 Å². The first-order valence-electron chi connectivity index (χ1n) is 12.4. The van der Waals surface area contributed by atoms with E-state index in [1.807, 2.05) is 37.6 Å². The number of nitrogens with one attached hydrogen (secondary N) is 2. The highest BCUT2D eigenvalue weighted by atomic mass is 32.2. The van der Waals surface area contributed by atoms with E-state index in [0.717, 1.165) is 44.4 Å². The lowest BCUT2D eigenvalue weighted by Crippen LogP contribution is -2.55. The van der Waals surface area contributed by atoms with Crippen LogP contribution in [0.3, 0.4) is 0 Å². The maximum Gasteiger partial charge on any atom is 0.309 e. The molecule has 10 heteroatoms. The van der Waals surface area contributed by atoms with Crippen LogP contribution in [-0.2, 0) is 19.2 Å². The fourth-order valence-corrected chi connectivity index (χ4v) is 5.81. The molecule has 190 valence electrons. The van der Waals surface area contributed by atoms with E-state index in [9.17, 15) is 19.2 Å². The van der Waals surface area contributed by atoms with Crippen molar-refractivity contribution in [2.45, 2.75) is 71.8 Å². The summed E-state index contributed by atoms with van der Waals surface area (Å²) in [6, 6.07) is -0.907. The Balaban J connectivity index is 1.69. The summed E-state index contributed by atoms with van der Waals surface area (Å²) in [4.78, 5) is 55.4. The third kappa shape index (κ3) is 6.73. The first-order chi connectivity index (χ1) is 16.1. The van der Waals surface area contributed by atoms with Gasteiger partial charge in [0.15, 0.2) is 5.17 Å². The smallest absolute Gasteiger partial charge is 0.309 e. The number of carbonyl (C=O) groups is 4. The highest BCUT2D eigenvalue weighted by Gasteiger charge is 2.39. The van der Waals surface area contributed by atoms with Crippen molar-refractivity contribution in [2.24, 2.45) is 22.4 Å². The summed E-state index contributed by atoms with van der Waals surface area (Å²) >= 11 is 1.52. The molecule has 34 heavy (non-hydrogen) atoms. The zero-order valence-corrected chi connectivity index (χ0v) is 21.7. The van der Waals surface area contributed by atoms with Gasteiger partial charge in [0, 0.05) is 43.8 Å². The number of ketones is 1. The Morgan fingerprint density at radius 3 is 2.21 bits per heavy atom. The Morgan fingerprint density at radius 2 is 1.65 bits per heavy atom. The molecule has 1 unspecified atom stereocenters. The molecule has 1 saturated carbocycles. The number of rotatable bonds is 6. The maximum atomic E-state index is 13.2. The second kappa shape index (κ2) is 11.6. The van der Waals surface area contributed by atoms with Crippen molar-refractivity contribution in [1.29, 1.82) is 0 Å². The van der Waals surface area contributed by atoms with E-state index in [1.54, 1.807) is 0 Å². The zero-order valence-electron chi connectivity index (χ0n) is 20.9. The van der Waals surface area contributed by atoms with Gasteiger partial charge >= 0.3 is 5.91 Å². The van der Waals surface area contributed by atoms with Crippen molar-refractivity contribution in [3.8, 4) is 0 Å². The number of amides is 3. The first-order valence-corrected chi connectivity index (χ1v) is 13.4. The number of likely N-dealkylation sites (tertiary alicyclic amines) is 1. The van der Waals surface area contributed by atoms with Crippen LogP contribution in [0.4, 0.5) is 0 Å². The molecule has 3 rings (SSSR count). The molecule has 0 spiro atoms. The van der Waals surface area contributed by atoms with Crippen LogP contribution in [0, 0.1) is 17.3 Å². The van der Waals surface area contributed by atoms with Crippen LogP contribution in [-0.4, -0.2) is 76.9 Å². The van der Waals surface area contributed by atoms with Crippen molar-refractivity contribution in [2.75, 3.05) is 32.4 Å². The predicted octanol–water partition coefficient (Wildman–Crippen LogP) is 1.97. The van der Waals surface area contributed by atoms with Crippen LogP contribution >= 0.6 is 11.8 Å². The average molecular weight is 494 g/mol. The second-order valence-electron chi connectivity index (χ2n) is 10.7. The fraction of sp³-hybridized carbons (Fsp3) is 0.792. The highest BCUT2D eigenvalue weighted by Crippen LogP contribution is 2.28. The molecule has 2 heterocycles. The van der Waals surface area contributed by atoms with Crippen LogP contribution in [0.25, 0.3) is 0 Å². The minimum absolute atomic E-state index is 0.0758. The van der Waals surface area contributed by atoms with E-state index in [-0.39, 0.29) is 23.7 Å². The molecule has 2 saturated heterocycles. The second-order valence-corrected chi connectivity index (χ2v) is 11.7. The largest absolute Gasteiger partial charge is 0.352 e. The van der Waals surface area contributed by atoms with E-state index >= 15 is 0 Å². The van der Waals surface area contributed by atoms with E-state index in [0.29, 0.717) is 31.1 Å². The third-order valence-corrected chi connectivity index (χ3v) is 8.01. The lowest BCUT2D eigenvalue weighted by Gasteiger charge is -2.38. The molecule has 0 aromatic carbocycles. The summed E-state index contributed by atoms with van der Waals surface area (Å²) < 4.78 is 0. The molecule has 2 aliphatic heterocycles. The Hall–Kier alpha value is -2.10. The van der Waals surface area contributed by atoms with Gasteiger partial charge in [-0.3, -0.25) is 19.2 Å². The Labute approximate surface area is 206 Å². The summed E-state index contributed by atoms with van der Waals surface area (Å²) in [5.74, 6) is -0.978. The van der Waals surface area contributed by atoms with E-state index < -0.39 is 23.1 Å². The quantitative estimate of drug-likeness (QED) is 0.432. The number of hydrogen-bond donors (Lipinski definition) is 2. The van der Waals surface area contributed by atoms with Crippen LogP contribution < -0.4 is 10.7 Å². The van der Waals surface area contributed by atoms with Crippen LogP contribution in [0.5, 0.6) is 0 Å². The van der Waals surface area contributed by atoms with Crippen molar-refractivity contribution in [1.82, 2.24) is 20.5 Å². The van der Waals surface area contributed by atoms with Gasteiger partial charge in [-0.05, 0) is 31.6 Å². The summed E-state index contributed by atoms with van der Waals surface area (Å²) in [5.41, 5.74) is 1.92. The van der Waals surface area contributed by atoms with Crippen molar-refractivity contribution >= 4 is 40.4 Å². The number of Topliss-reactive ketones (excluding diaryl/α,β-unsaturated/α-hetero) is 1. The van der Waals surface area contributed by atoms with Gasteiger partial charge in [-0.1, -0.05) is 51.8 Å².